The zero-order valence-corrected chi connectivity index (χ0v) is 8.61. The Bertz CT molecular complexity index is 180. The van der Waals surface area contributed by atoms with Gasteiger partial charge in [0.15, 0.2) is 0 Å². The Balaban J connectivity index is 4.09. The second-order valence-electron chi connectivity index (χ2n) is 3.53. The number of aliphatic hydroxyl groups excluding tert-OH is 1. The Morgan fingerprint density at radius 2 is 1.92 bits per heavy atom. The predicted octanol–water partition coefficient (Wildman–Crippen LogP) is 2.94. The summed E-state index contributed by atoms with van der Waals surface area (Å²) in [7, 11) is 0. The molecule has 0 aliphatic carbocycles. The molecule has 0 bridgehead atoms. The molecule has 0 aromatic rings. The number of aliphatic hydroxyl groups is 1. The van der Waals surface area contributed by atoms with Gasteiger partial charge in [-0.15, -0.1) is 6.58 Å². The molecule has 0 aromatic carbocycles. The van der Waals surface area contributed by atoms with E-state index in [9.17, 15) is 5.11 Å². The topological polar surface area (TPSA) is 20.2 Å². The smallest absolute Gasteiger partial charge is 0.0628 e. The van der Waals surface area contributed by atoms with Crippen molar-refractivity contribution in [2.45, 2.75) is 26.4 Å². The highest BCUT2D eigenvalue weighted by atomic mass is 16.3. The first-order valence-electron chi connectivity index (χ1n) is 4.71. The Morgan fingerprint density at radius 1 is 1.31 bits per heavy atom. The SMILES string of the molecule is C=CC=CCC(C=C)C(O)C(C)C. The Kier molecular flexibility index (Phi) is 6.25. The van der Waals surface area contributed by atoms with Crippen molar-refractivity contribution < 1.29 is 5.11 Å². The molecule has 0 aliphatic heterocycles. The third kappa shape index (κ3) is 4.69. The quantitative estimate of drug-likeness (QED) is 0.492. The van der Waals surface area contributed by atoms with E-state index in [0.717, 1.165) is 6.42 Å². The molecule has 0 heterocycles. The molecule has 0 radical (unpaired) electrons. The van der Waals surface area contributed by atoms with Crippen LogP contribution in [0.2, 0.25) is 0 Å². The molecule has 0 saturated carbocycles. The first-order chi connectivity index (χ1) is 6.13. The van der Waals surface area contributed by atoms with Crippen LogP contribution in [0.4, 0.5) is 0 Å². The summed E-state index contributed by atoms with van der Waals surface area (Å²) >= 11 is 0. The van der Waals surface area contributed by atoms with Gasteiger partial charge in [0.1, 0.15) is 0 Å². The van der Waals surface area contributed by atoms with E-state index in [-0.39, 0.29) is 17.9 Å². The summed E-state index contributed by atoms with van der Waals surface area (Å²) in [6.45, 7) is 11.3. The fourth-order valence-electron chi connectivity index (χ4n) is 1.20. The molecule has 13 heavy (non-hydrogen) atoms. The van der Waals surface area contributed by atoms with Gasteiger partial charge < -0.3 is 5.11 Å². The highest BCUT2D eigenvalue weighted by molar-refractivity contribution is 5.00. The van der Waals surface area contributed by atoms with Gasteiger partial charge in [0, 0.05) is 5.92 Å². The maximum Gasteiger partial charge on any atom is 0.0628 e. The van der Waals surface area contributed by atoms with Gasteiger partial charge in [-0.3, -0.25) is 0 Å². The lowest BCUT2D eigenvalue weighted by Crippen LogP contribution is -2.23. The maximum absolute atomic E-state index is 9.75. The van der Waals surface area contributed by atoms with Crippen molar-refractivity contribution in [2.24, 2.45) is 11.8 Å². The number of rotatable bonds is 6. The zero-order chi connectivity index (χ0) is 10.3. The third-order valence-corrected chi connectivity index (χ3v) is 2.10. The van der Waals surface area contributed by atoms with Gasteiger partial charge in [-0.05, 0) is 12.3 Å². The number of allylic oxidation sites excluding steroid dienone is 3. The highest BCUT2D eigenvalue weighted by Gasteiger charge is 2.17. The van der Waals surface area contributed by atoms with Gasteiger partial charge >= 0.3 is 0 Å². The van der Waals surface area contributed by atoms with Gasteiger partial charge in [0.05, 0.1) is 6.10 Å². The summed E-state index contributed by atoms with van der Waals surface area (Å²) < 4.78 is 0. The van der Waals surface area contributed by atoms with E-state index < -0.39 is 0 Å². The molecule has 74 valence electrons. The van der Waals surface area contributed by atoms with Crippen LogP contribution in [-0.4, -0.2) is 11.2 Å². The van der Waals surface area contributed by atoms with Crippen LogP contribution < -0.4 is 0 Å². The highest BCUT2D eigenvalue weighted by Crippen LogP contribution is 2.17. The maximum atomic E-state index is 9.75. The summed E-state index contributed by atoms with van der Waals surface area (Å²) in [6, 6.07) is 0. The lowest BCUT2D eigenvalue weighted by molar-refractivity contribution is 0.0853. The van der Waals surface area contributed by atoms with Crippen molar-refractivity contribution in [3.8, 4) is 0 Å². The van der Waals surface area contributed by atoms with E-state index in [1.54, 1.807) is 6.08 Å². The van der Waals surface area contributed by atoms with Gasteiger partial charge in [-0.25, -0.2) is 0 Å². The summed E-state index contributed by atoms with van der Waals surface area (Å²) in [5.74, 6) is 0.427. The van der Waals surface area contributed by atoms with Gasteiger partial charge in [-0.1, -0.05) is 44.7 Å². The molecule has 0 spiro atoms. The molecule has 1 heteroatoms. The molecular weight excluding hydrogens is 160 g/mol. The van der Waals surface area contributed by atoms with Gasteiger partial charge in [-0.2, -0.15) is 0 Å². The van der Waals surface area contributed by atoms with Crippen LogP contribution in [0.3, 0.4) is 0 Å². The molecule has 2 atom stereocenters. The molecule has 1 N–H and O–H groups in total. The van der Waals surface area contributed by atoms with Crippen LogP contribution in [0.5, 0.6) is 0 Å². The molecular formula is C12H20O. The number of hydrogen-bond acceptors (Lipinski definition) is 1. The van der Waals surface area contributed by atoms with E-state index in [1.807, 2.05) is 32.1 Å². The van der Waals surface area contributed by atoms with Crippen molar-refractivity contribution in [1.82, 2.24) is 0 Å². The largest absolute Gasteiger partial charge is 0.392 e. The molecule has 0 rings (SSSR count). The first kappa shape index (κ1) is 12.2. The van der Waals surface area contributed by atoms with Gasteiger partial charge in [0.2, 0.25) is 0 Å². The molecule has 0 aliphatic rings. The van der Waals surface area contributed by atoms with E-state index >= 15 is 0 Å². The monoisotopic (exact) mass is 180 g/mol. The van der Waals surface area contributed by atoms with Crippen LogP contribution in [0.25, 0.3) is 0 Å². The van der Waals surface area contributed by atoms with E-state index in [2.05, 4.69) is 13.2 Å². The van der Waals surface area contributed by atoms with Crippen LogP contribution in [0.15, 0.2) is 37.5 Å². The van der Waals surface area contributed by atoms with Crippen LogP contribution in [0, 0.1) is 11.8 Å². The minimum atomic E-state index is -0.299. The van der Waals surface area contributed by atoms with Crippen molar-refractivity contribution in [2.75, 3.05) is 0 Å². The van der Waals surface area contributed by atoms with Crippen molar-refractivity contribution >= 4 is 0 Å². The molecule has 0 aromatic heterocycles. The van der Waals surface area contributed by atoms with Crippen molar-refractivity contribution in [3.63, 3.8) is 0 Å². The normalized spacial score (nSPS) is 16.0. The molecule has 0 saturated heterocycles. The lowest BCUT2D eigenvalue weighted by Gasteiger charge is -2.21. The fraction of sp³-hybridized carbons (Fsp3) is 0.500. The Morgan fingerprint density at radius 3 is 2.31 bits per heavy atom. The average Bonchev–Trinajstić information content (AvgIpc) is 2.11. The van der Waals surface area contributed by atoms with E-state index in [1.165, 1.54) is 0 Å². The first-order valence-corrected chi connectivity index (χ1v) is 4.71. The van der Waals surface area contributed by atoms with Crippen molar-refractivity contribution in [3.05, 3.63) is 37.5 Å². The summed E-state index contributed by atoms with van der Waals surface area (Å²) in [6.07, 6.45) is 7.98. The standard InChI is InChI=1S/C12H20O/c1-5-7-8-9-11(6-2)12(13)10(3)4/h5-8,10-13H,1-2,9H2,3-4H3. The second-order valence-corrected chi connectivity index (χ2v) is 3.53. The average molecular weight is 180 g/mol. The van der Waals surface area contributed by atoms with Crippen LogP contribution in [-0.2, 0) is 0 Å². The van der Waals surface area contributed by atoms with Crippen molar-refractivity contribution in [1.29, 1.82) is 0 Å². The fourth-order valence-corrected chi connectivity index (χ4v) is 1.20. The van der Waals surface area contributed by atoms with Crippen LogP contribution in [0.1, 0.15) is 20.3 Å². The minimum Gasteiger partial charge on any atom is -0.392 e. The van der Waals surface area contributed by atoms with Gasteiger partial charge in [0.25, 0.3) is 0 Å². The van der Waals surface area contributed by atoms with Crippen LogP contribution >= 0.6 is 0 Å². The van der Waals surface area contributed by atoms with E-state index in [0.29, 0.717) is 0 Å². The zero-order valence-electron chi connectivity index (χ0n) is 8.61. The Hall–Kier alpha value is -0.820. The number of hydrogen-bond donors (Lipinski definition) is 1. The Labute approximate surface area is 81.5 Å². The summed E-state index contributed by atoms with van der Waals surface area (Å²) in [5.41, 5.74) is 0. The third-order valence-electron chi connectivity index (χ3n) is 2.10. The molecule has 0 amide bonds. The predicted molar refractivity (Wildman–Crippen MR) is 58.5 cm³/mol. The van der Waals surface area contributed by atoms with E-state index in [4.69, 9.17) is 0 Å². The minimum absolute atomic E-state index is 0.149. The summed E-state index contributed by atoms with van der Waals surface area (Å²) in [5, 5.41) is 9.75. The molecule has 2 unspecified atom stereocenters. The lowest BCUT2D eigenvalue weighted by atomic mass is 9.91. The second kappa shape index (κ2) is 6.67. The summed E-state index contributed by atoms with van der Waals surface area (Å²) in [4.78, 5) is 0. The molecule has 0 fully saturated rings. The molecule has 1 nitrogen and oxygen atoms in total.